The number of aromatic nitrogens is 5. The predicted molar refractivity (Wildman–Crippen MR) is 118 cm³/mol. The van der Waals surface area contributed by atoms with Gasteiger partial charge in [-0.3, -0.25) is 10.1 Å². The molecule has 4 N–H and O–H groups in total. The zero-order chi connectivity index (χ0) is 21.1. The van der Waals surface area contributed by atoms with Crippen molar-refractivity contribution < 1.29 is 0 Å². The molecule has 0 fully saturated rings. The number of nitrogens with one attached hydrogen (secondary N) is 2. The fraction of sp³-hybridized carbons (Fsp3) is 0.190. The molecule has 9 heteroatoms. The molecule has 0 saturated carbocycles. The standard InChI is InChI=1S/C21H22N8S/c1-13(2)19-27-28-20(30-19)17-8-15(9-24-18(17)26-21(22)23)16-10-25-29(12-16)11-14-6-4-3-5-7-14/h3-10,12-13H,11H2,1-2H3,(H4,22,23,24,26). The summed E-state index contributed by atoms with van der Waals surface area (Å²) in [5, 5.41) is 22.3. The Bertz CT molecular complexity index is 1230. The first-order valence-electron chi connectivity index (χ1n) is 9.51. The third-order valence-corrected chi connectivity index (χ3v) is 5.73. The summed E-state index contributed by atoms with van der Waals surface area (Å²) in [4.78, 5) is 7.26. The lowest BCUT2D eigenvalue weighted by Crippen LogP contribution is -2.18. The third-order valence-electron chi connectivity index (χ3n) is 4.47. The number of guanidine groups is 1. The molecule has 0 unspecified atom stereocenters. The molecule has 0 spiro atoms. The number of nitrogens with two attached hydrogens (primary N) is 1. The number of pyridine rings is 1. The predicted octanol–water partition coefficient (Wildman–Crippen LogP) is 3.36. The number of H-pyrrole nitrogens is 1. The Morgan fingerprint density at radius 1 is 1.23 bits per heavy atom. The molecule has 0 amide bonds. The van der Waals surface area contributed by atoms with Crippen LogP contribution in [0, 0.1) is 5.41 Å². The van der Waals surface area contributed by atoms with Crippen LogP contribution in [0.4, 0.5) is 0 Å². The molecule has 0 radical (unpaired) electrons. The van der Waals surface area contributed by atoms with E-state index in [1.165, 1.54) is 16.9 Å². The monoisotopic (exact) mass is 418 g/mol. The Labute approximate surface area is 177 Å². The Kier molecular flexibility index (Phi) is 5.53. The summed E-state index contributed by atoms with van der Waals surface area (Å²) in [6.07, 6.45) is 5.66. The number of nitrogens with zero attached hydrogens (tertiary/aromatic N) is 5. The number of hydrogen-bond donors (Lipinski definition) is 3. The van der Waals surface area contributed by atoms with Gasteiger partial charge in [-0.1, -0.05) is 55.5 Å². The molecule has 0 saturated heterocycles. The van der Waals surface area contributed by atoms with Crippen LogP contribution in [0.2, 0.25) is 0 Å². The molecule has 4 aromatic rings. The van der Waals surface area contributed by atoms with E-state index in [1.54, 1.807) is 0 Å². The molecule has 3 heterocycles. The van der Waals surface area contributed by atoms with Crippen molar-refractivity contribution in [3.8, 4) is 21.7 Å². The largest absolute Gasteiger partial charge is 0.368 e. The molecule has 3 aromatic heterocycles. The lowest BCUT2D eigenvalue weighted by molar-refractivity contribution is 0.687. The highest BCUT2D eigenvalue weighted by atomic mass is 32.1. The molecule has 0 aliphatic carbocycles. The highest BCUT2D eigenvalue weighted by molar-refractivity contribution is 7.14. The van der Waals surface area contributed by atoms with Crippen molar-refractivity contribution in [1.82, 2.24) is 25.0 Å². The van der Waals surface area contributed by atoms with Crippen molar-refractivity contribution in [3.63, 3.8) is 0 Å². The second-order valence-corrected chi connectivity index (χ2v) is 8.17. The maximum absolute atomic E-state index is 7.54. The zero-order valence-corrected chi connectivity index (χ0v) is 17.5. The van der Waals surface area contributed by atoms with Crippen LogP contribution in [0.25, 0.3) is 21.7 Å². The molecule has 0 bridgehead atoms. The van der Waals surface area contributed by atoms with Gasteiger partial charge in [0.15, 0.2) is 5.01 Å². The summed E-state index contributed by atoms with van der Waals surface area (Å²) in [5.74, 6) is 0.0114. The average molecular weight is 419 g/mol. The minimum atomic E-state index is -0.274. The van der Waals surface area contributed by atoms with E-state index in [9.17, 15) is 0 Å². The van der Waals surface area contributed by atoms with Crippen molar-refractivity contribution in [2.24, 2.45) is 10.7 Å². The molecule has 30 heavy (non-hydrogen) atoms. The van der Waals surface area contributed by atoms with Crippen molar-refractivity contribution in [3.05, 3.63) is 71.0 Å². The van der Waals surface area contributed by atoms with Gasteiger partial charge in [0, 0.05) is 29.4 Å². The van der Waals surface area contributed by atoms with Crippen LogP contribution in [-0.2, 0) is 6.54 Å². The number of aromatic amines is 1. The Morgan fingerprint density at radius 2 is 2.03 bits per heavy atom. The molecule has 1 aromatic carbocycles. The number of hydrogen-bond acceptors (Lipinski definition) is 5. The fourth-order valence-electron chi connectivity index (χ4n) is 2.98. The summed E-state index contributed by atoms with van der Waals surface area (Å²) in [7, 11) is 0. The first-order chi connectivity index (χ1) is 14.5. The highest BCUT2D eigenvalue weighted by Crippen LogP contribution is 2.28. The van der Waals surface area contributed by atoms with Crippen LogP contribution < -0.4 is 11.2 Å². The van der Waals surface area contributed by atoms with E-state index in [-0.39, 0.29) is 11.9 Å². The Hall–Kier alpha value is -3.59. The van der Waals surface area contributed by atoms with Crippen LogP contribution in [0.5, 0.6) is 0 Å². The normalized spacial score (nSPS) is 11.9. The quantitative estimate of drug-likeness (QED) is 0.340. The van der Waals surface area contributed by atoms with Crippen molar-refractivity contribution in [2.45, 2.75) is 26.3 Å². The van der Waals surface area contributed by atoms with E-state index in [1.807, 2.05) is 47.5 Å². The SMILES string of the molecule is CC(C)c1nnc(-c2cc(-c3cnn(Cc4ccccc4)c3)c[nH]/c2=N\C(=N)N)s1. The van der Waals surface area contributed by atoms with Crippen LogP contribution in [0.15, 0.2) is 60.0 Å². The Balaban J connectivity index is 1.72. The van der Waals surface area contributed by atoms with Gasteiger partial charge in [0.05, 0.1) is 18.3 Å². The van der Waals surface area contributed by atoms with Crippen molar-refractivity contribution in [2.75, 3.05) is 0 Å². The van der Waals surface area contributed by atoms with E-state index in [2.05, 4.69) is 51.3 Å². The lowest BCUT2D eigenvalue weighted by atomic mass is 10.1. The van der Waals surface area contributed by atoms with Gasteiger partial charge in [-0.2, -0.15) is 10.1 Å². The summed E-state index contributed by atoms with van der Waals surface area (Å²) in [6, 6.07) is 12.2. The topological polar surface area (TPSA) is 122 Å². The van der Waals surface area contributed by atoms with Gasteiger partial charge in [0.2, 0.25) is 5.96 Å². The lowest BCUT2D eigenvalue weighted by Gasteiger charge is -2.03. The summed E-state index contributed by atoms with van der Waals surface area (Å²) < 4.78 is 1.90. The first-order valence-corrected chi connectivity index (χ1v) is 10.3. The van der Waals surface area contributed by atoms with Crippen LogP contribution >= 0.6 is 11.3 Å². The average Bonchev–Trinajstić information content (AvgIpc) is 3.39. The second kappa shape index (κ2) is 8.42. The number of benzene rings is 1. The van der Waals surface area contributed by atoms with Crippen LogP contribution in [0.3, 0.4) is 0 Å². The molecule has 0 atom stereocenters. The molecule has 0 aliphatic heterocycles. The number of rotatable bonds is 5. The minimum Gasteiger partial charge on any atom is -0.368 e. The minimum absolute atomic E-state index is 0.274. The van der Waals surface area contributed by atoms with E-state index in [0.717, 1.165) is 26.7 Å². The molecular weight excluding hydrogens is 396 g/mol. The highest BCUT2D eigenvalue weighted by Gasteiger charge is 2.14. The summed E-state index contributed by atoms with van der Waals surface area (Å²) in [6.45, 7) is 4.85. The molecular formula is C21H22N8S. The van der Waals surface area contributed by atoms with Gasteiger partial charge in [0.25, 0.3) is 0 Å². The van der Waals surface area contributed by atoms with Gasteiger partial charge in [-0.15, -0.1) is 10.2 Å². The Morgan fingerprint density at radius 3 is 2.73 bits per heavy atom. The molecule has 0 aliphatic rings. The van der Waals surface area contributed by atoms with Gasteiger partial charge >= 0.3 is 0 Å². The van der Waals surface area contributed by atoms with Crippen molar-refractivity contribution in [1.29, 1.82) is 5.41 Å². The van der Waals surface area contributed by atoms with E-state index in [4.69, 9.17) is 11.1 Å². The first kappa shape index (κ1) is 19.7. The van der Waals surface area contributed by atoms with Crippen molar-refractivity contribution >= 4 is 17.3 Å². The molecule has 152 valence electrons. The maximum atomic E-state index is 7.54. The zero-order valence-electron chi connectivity index (χ0n) is 16.7. The fourth-order valence-corrected chi connectivity index (χ4v) is 3.84. The summed E-state index contributed by atoms with van der Waals surface area (Å²) >= 11 is 1.51. The van der Waals surface area contributed by atoms with Gasteiger partial charge in [-0.25, -0.2) is 0 Å². The van der Waals surface area contributed by atoms with Gasteiger partial charge in [-0.05, 0) is 11.6 Å². The second-order valence-electron chi connectivity index (χ2n) is 7.16. The van der Waals surface area contributed by atoms with Gasteiger partial charge in [0.1, 0.15) is 10.5 Å². The smallest absolute Gasteiger partial charge is 0.214 e. The maximum Gasteiger partial charge on any atom is 0.214 e. The summed E-state index contributed by atoms with van der Waals surface area (Å²) in [5.41, 5.74) is 9.82. The molecule has 4 rings (SSSR count). The van der Waals surface area contributed by atoms with E-state index >= 15 is 0 Å². The van der Waals surface area contributed by atoms with E-state index < -0.39 is 0 Å². The van der Waals surface area contributed by atoms with E-state index in [0.29, 0.717) is 12.0 Å². The molecule has 8 nitrogen and oxygen atoms in total. The van der Waals surface area contributed by atoms with Crippen LogP contribution in [0.1, 0.15) is 30.3 Å². The third kappa shape index (κ3) is 4.36. The van der Waals surface area contributed by atoms with Crippen LogP contribution in [-0.4, -0.2) is 30.9 Å². The van der Waals surface area contributed by atoms with Gasteiger partial charge < -0.3 is 10.7 Å².